The minimum atomic E-state index is -0.606. The van der Waals surface area contributed by atoms with Crippen molar-refractivity contribution in [3.05, 3.63) is 33.9 Å². The van der Waals surface area contributed by atoms with Crippen LogP contribution in [0.5, 0.6) is 0 Å². The number of fused-ring (bicyclic) bond motifs is 1. The van der Waals surface area contributed by atoms with Crippen molar-refractivity contribution in [1.82, 2.24) is 4.57 Å². The molecule has 0 spiro atoms. The SMILES string of the molecule is Cc1c(Br)ccc2c1cc(C#N)n2C(=O)OC(C)(C)C. The van der Waals surface area contributed by atoms with Crippen LogP contribution in [0.2, 0.25) is 0 Å². The van der Waals surface area contributed by atoms with E-state index in [-0.39, 0.29) is 5.69 Å². The minimum Gasteiger partial charge on any atom is -0.443 e. The monoisotopic (exact) mass is 334 g/mol. The topological polar surface area (TPSA) is 55.0 Å². The normalized spacial score (nSPS) is 11.4. The summed E-state index contributed by atoms with van der Waals surface area (Å²) in [6.45, 7) is 7.33. The second kappa shape index (κ2) is 4.95. The molecule has 0 atom stereocenters. The molecule has 0 radical (unpaired) electrons. The van der Waals surface area contributed by atoms with Crippen LogP contribution in [0.15, 0.2) is 22.7 Å². The van der Waals surface area contributed by atoms with Crippen LogP contribution >= 0.6 is 15.9 Å². The van der Waals surface area contributed by atoms with Crippen molar-refractivity contribution in [2.45, 2.75) is 33.3 Å². The first kappa shape index (κ1) is 14.6. The van der Waals surface area contributed by atoms with Gasteiger partial charge in [0, 0.05) is 9.86 Å². The van der Waals surface area contributed by atoms with Crippen LogP contribution in [0.25, 0.3) is 10.9 Å². The maximum absolute atomic E-state index is 12.3. The van der Waals surface area contributed by atoms with Crippen LogP contribution in [-0.4, -0.2) is 16.3 Å². The number of hydrogen-bond acceptors (Lipinski definition) is 3. The molecule has 1 heterocycles. The summed E-state index contributed by atoms with van der Waals surface area (Å²) in [5, 5.41) is 10.1. The van der Waals surface area contributed by atoms with Gasteiger partial charge in [-0.3, -0.25) is 0 Å². The first-order valence-electron chi connectivity index (χ1n) is 6.18. The lowest BCUT2D eigenvalue weighted by Crippen LogP contribution is -2.27. The van der Waals surface area contributed by atoms with Gasteiger partial charge in [0.05, 0.1) is 5.52 Å². The Balaban J connectivity index is 2.67. The molecular weight excluding hydrogens is 320 g/mol. The Morgan fingerprint density at radius 2 is 2.05 bits per heavy atom. The lowest BCUT2D eigenvalue weighted by Gasteiger charge is -2.20. The van der Waals surface area contributed by atoms with Gasteiger partial charge in [0.15, 0.2) is 0 Å². The zero-order valence-corrected chi connectivity index (χ0v) is 13.4. The number of nitriles is 1. The molecule has 0 saturated heterocycles. The fraction of sp³-hybridized carbons (Fsp3) is 0.333. The van der Waals surface area contributed by atoms with Gasteiger partial charge in [-0.2, -0.15) is 5.26 Å². The molecule has 0 unspecified atom stereocenters. The van der Waals surface area contributed by atoms with Crippen LogP contribution in [0, 0.1) is 18.3 Å². The fourth-order valence-corrected chi connectivity index (χ4v) is 2.33. The number of halogens is 1. The van der Waals surface area contributed by atoms with Gasteiger partial charge >= 0.3 is 6.09 Å². The van der Waals surface area contributed by atoms with Crippen molar-refractivity contribution in [3.8, 4) is 6.07 Å². The summed E-state index contributed by atoms with van der Waals surface area (Å²) in [5.74, 6) is 0. The number of ether oxygens (including phenoxy) is 1. The molecule has 0 amide bonds. The Hall–Kier alpha value is -1.80. The second-order valence-corrected chi connectivity index (χ2v) is 6.42. The average Bonchev–Trinajstić information content (AvgIpc) is 2.71. The van der Waals surface area contributed by atoms with Gasteiger partial charge in [0.2, 0.25) is 0 Å². The summed E-state index contributed by atoms with van der Waals surface area (Å²) in [6.07, 6.45) is -0.536. The van der Waals surface area contributed by atoms with Crippen molar-refractivity contribution in [3.63, 3.8) is 0 Å². The number of nitrogens with zero attached hydrogens (tertiary/aromatic N) is 2. The summed E-state index contributed by atoms with van der Waals surface area (Å²) in [7, 11) is 0. The molecule has 0 N–H and O–H groups in total. The van der Waals surface area contributed by atoms with Gasteiger partial charge in [-0.1, -0.05) is 15.9 Å². The predicted molar refractivity (Wildman–Crippen MR) is 80.7 cm³/mol. The molecule has 1 aromatic carbocycles. The molecule has 20 heavy (non-hydrogen) atoms. The van der Waals surface area contributed by atoms with E-state index in [0.29, 0.717) is 5.52 Å². The highest BCUT2D eigenvalue weighted by Crippen LogP contribution is 2.29. The Bertz CT molecular complexity index is 733. The van der Waals surface area contributed by atoms with E-state index in [9.17, 15) is 10.1 Å². The summed E-state index contributed by atoms with van der Waals surface area (Å²) in [6, 6.07) is 7.42. The minimum absolute atomic E-state index is 0.274. The van der Waals surface area contributed by atoms with E-state index in [1.54, 1.807) is 32.9 Å². The van der Waals surface area contributed by atoms with E-state index in [1.165, 1.54) is 4.57 Å². The number of rotatable bonds is 0. The Morgan fingerprint density at radius 3 is 2.60 bits per heavy atom. The van der Waals surface area contributed by atoms with Crippen molar-refractivity contribution < 1.29 is 9.53 Å². The highest BCUT2D eigenvalue weighted by atomic mass is 79.9. The van der Waals surface area contributed by atoms with Gasteiger partial charge in [0.25, 0.3) is 0 Å². The van der Waals surface area contributed by atoms with E-state index in [0.717, 1.165) is 15.4 Å². The number of aryl methyl sites for hydroxylation is 1. The van der Waals surface area contributed by atoms with Crippen LogP contribution in [0.4, 0.5) is 4.79 Å². The average molecular weight is 335 g/mol. The molecule has 0 aliphatic carbocycles. The van der Waals surface area contributed by atoms with Crippen molar-refractivity contribution in [1.29, 1.82) is 5.26 Å². The number of carbonyl (C=O) groups excluding carboxylic acids is 1. The first-order valence-corrected chi connectivity index (χ1v) is 6.98. The molecule has 0 bridgehead atoms. The summed E-state index contributed by atoms with van der Waals surface area (Å²) >= 11 is 3.45. The van der Waals surface area contributed by atoms with Crippen LogP contribution in [-0.2, 0) is 4.74 Å². The molecule has 1 aromatic heterocycles. The number of aromatic nitrogens is 1. The maximum atomic E-state index is 12.3. The van der Waals surface area contributed by atoms with E-state index < -0.39 is 11.7 Å². The zero-order valence-electron chi connectivity index (χ0n) is 11.8. The van der Waals surface area contributed by atoms with E-state index >= 15 is 0 Å². The molecule has 2 rings (SSSR count). The summed E-state index contributed by atoms with van der Waals surface area (Å²) < 4.78 is 7.62. The Labute approximate surface area is 126 Å². The third kappa shape index (κ3) is 2.56. The smallest absolute Gasteiger partial charge is 0.420 e. The molecule has 0 saturated carbocycles. The fourth-order valence-electron chi connectivity index (χ4n) is 1.98. The van der Waals surface area contributed by atoms with E-state index in [1.807, 2.05) is 19.1 Å². The van der Waals surface area contributed by atoms with Crippen molar-refractivity contribution >= 4 is 32.9 Å². The highest BCUT2D eigenvalue weighted by molar-refractivity contribution is 9.10. The molecular formula is C15H15BrN2O2. The standard InChI is InChI=1S/C15H15BrN2O2/c1-9-11-7-10(8-17)18(13(11)6-5-12(9)16)14(19)20-15(2,3)4/h5-7H,1-4H3. The Morgan fingerprint density at radius 1 is 1.40 bits per heavy atom. The lowest BCUT2D eigenvalue weighted by atomic mass is 10.1. The third-order valence-electron chi connectivity index (χ3n) is 2.88. The third-order valence-corrected chi connectivity index (χ3v) is 3.74. The number of benzene rings is 1. The molecule has 5 heteroatoms. The Kier molecular flexibility index (Phi) is 3.61. The van der Waals surface area contributed by atoms with Crippen LogP contribution < -0.4 is 0 Å². The molecule has 2 aromatic rings. The highest BCUT2D eigenvalue weighted by Gasteiger charge is 2.22. The molecule has 0 aliphatic heterocycles. The van der Waals surface area contributed by atoms with E-state index in [2.05, 4.69) is 15.9 Å². The summed E-state index contributed by atoms with van der Waals surface area (Å²) in [5.41, 5.74) is 1.33. The first-order chi connectivity index (χ1) is 9.24. The molecule has 0 aliphatic rings. The van der Waals surface area contributed by atoms with Gasteiger partial charge in [0.1, 0.15) is 17.4 Å². The van der Waals surface area contributed by atoms with Crippen molar-refractivity contribution in [2.75, 3.05) is 0 Å². The predicted octanol–water partition coefficient (Wildman–Crippen LogP) is 4.37. The van der Waals surface area contributed by atoms with Gasteiger partial charge in [-0.15, -0.1) is 0 Å². The molecule has 4 nitrogen and oxygen atoms in total. The van der Waals surface area contributed by atoms with Gasteiger partial charge < -0.3 is 4.74 Å². The molecule has 104 valence electrons. The van der Waals surface area contributed by atoms with E-state index in [4.69, 9.17) is 4.74 Å². The molecule has 0 fully saturated rings. The number of carbonyl (C=O) groups is 1. The second-order valence-electron chi connectivity index (χ2n) is 5.56. The van der Waals surface area contributed by atoms with Crippen LogP contribution in [0.1, 0.15) is 32.0 Å². The lowest BCUT2D eigenvalue weighted by molar-refractivity contribution is 0.0543. The summed E-state index contributed by atoms with van der Waals surface area (Å²) in [4.78, 5) is 12.3. The van der Waals surface area contributed by atoms with Gasteiger partial charge in [-0.25, -0.2) is 9.36 Å². The zero-order chi connectivity index (χ0) is 15.1. The number of hydrogen-bond donors (Lipinski definition) is 0. The quantitative estimate of drug-likeness (QED) is 0.718. The largest absolute Gasteiger partial charge is 0.443 e. The maximum Gasteiger partial charge on any atom is 0.420 e. The van der Waals surface area contributed by atoms with Crippen LogP contribution in [0.3, 0.4) is 0 Å². The van der Waals surface area contributed by atoms with Crippen molar-refractivity contribution in [2.24, 2.45) is 0 Å². The van der Waals surface area contributed by atoms with Gasteiger partial charge in [-0.05, 0) is 51.5 Å².